The molecule has 0 atom stereocenters. The minimum atomic E-state index is 0.247. The molecule has 2 aromatic heterocycles. The van der Waals surface area contributed by atoms with Gasteiger partial charge in [0.15, 0.2) is 0 Å². The molecule has 106 valence electrons. The zero-order chi connectivity index (χ0) is 14.7. The number of aromatic nitrogens is 1. The van der Waals surface area contributed by atoms with Crippen molar-refractivity contribution in [1.82, 2.24) is 4.98 Å². The third kappa shape index (κ3) is 3.29. The van der Waals surface area contributed by atoms with Crippen LogP contribution in [0.3, 0.4) is 0 Å². The van der Waals surface area contributed by atoms with E-state index in [9.17, 15) is 5.11 Å². The fourth-order valence-corrected chi connectivity index (χ4v) is 3.42. The first kappa shape index (κ1) is 13.8. The summed E-state index contributed by atoms with van der Waals surface area (Å²) in [6.45, 7) is 2.06. The number of aryl methyl sites for hydroxylation is 1. The van der Waals surface area contributed by atoms with Crippen LogP contribution >= 0.6 is 22.7 Å². The number of hydrogen-bond acceptors (Lipinski definition) is 6. The summed E-state index contributed by atoms with van der Waals surface area (Å²) < 4.78 is 0. The van der Waals surface area contributed by atoms with E-state index in [1.165, 1.54) is 9.75 Å². The number of thiazole rings is 1. The lowest BCUT2D eigenvalue weighted by Crippen LogP contribution is -1.89. The highest BCUT2D eigenvalue weighted by molar-refractivity contribution is 7.17. The molecule has 0 amide bonds. The van der Waals surface area contributed by atoms with E-state index in [1.54, 1.807) is 53.2 Å². The highest BCUT2D eigenvalue weighted by Crippen LogP contribution is 2.32. The predicted molar refractivity (Wildman–Crippen MR) is 89.5 cm³/mol. The second kappa shape index (κ2) is 6.07. The molecule has 0 radical (unpaired) electrons. The van der Waals surface area contributed by atoms with E-state index in [0.29, 0.717) is 0 Å². The molecule has 0 aliphatic rings. The van der Waals surface area contributed by atoms with Crippen LogP contribution in [0.4, 0.5) is 5.13 Å². The molecule has 6 heteroatoms. The van der Waals surface area contributed by atoms with Gasteiger partial charge in [0.2, 0.25) is 5.13 Å². The van der Waals surface area contributed by atoms with Gasteiger partial charge in [-0.2, -0.15) is 5.10 Å². The van der Waals surface area contributed by atoms with Crippen LogP contribution < -0.4 is 5.43 Å². The van der Waals surface area contributed by atoms with Crippen molar-refractivity contribution in [2.24, 2.45) is 5.10 Å². The van der Waals surface area contributed by atoms with Gasteiger partial charge in [-0.1, -0.05) is 6.07 Å². The van der Waals surface area contributed by atoms with Gasteiger partial charge in [-0.05, 0) is 48.2 Å². The Balaban J connectivity index is 1.71. The van der Waals surface area contributed by atoms with Gasteiger partial charge in [-0.15, -0.1) is 22.7 Å². The Morgan fingerprint density at radius 1 is 1.24 bits per heavy atom. The summed E-state index contributed by atoms with van der Waals surface area (Å²) in [6, 6.07) is 10.9. The molecule has 0 saturated carbocycles. The number of hydrazone groups is 1. The maximum absolute atomic E-state index is 9.22. The van der Waals surface area contributed by atoms with Gasteiger partial charge < -0.3 is 5.11 Å². The van der Waals surface area contributed by atoms with Gasteiger partial charge in [-0.25, -0.2) is 4.98 Å². The third-order valence-electron chi connectivity index (χ3n) is 2.82. The number of aromatic hydroxyl groups is 1. The average molecular weight is 315 g/mol. The quantitative estimate of drug-likeness (QED) is 0.556. The van der Waals surface area contributed by atoms with E-state index < -0.39 is 0 Å². The van der Waals surface area contributed by atoms with E-state index >= 15 is 0 Å². The Labute approximate surface area is 130 Å². The number of phenolic OH excluding ortho intramolecular Hbond substituents is 1. The van der Waals surface area contributed by atoms with Crippen molar-refractivity contribution >= 4 is 34.0 Å². The second-order valence-corrected chi connectivity index (χ2v) is 6.51. The van der Waals surface area contributed by atoms with Crippen LogP contribution in [0.15, 0.2) is 46.9 Å². The van der Waals surface area contributed by atoms with Gasteiger partial charge in [0, 0.05) is 4.88 Å². The van der Waals surface area contributed by atoms with E-state index in [0.717, 1.165) is 16.4 Å². The molecule has 0 aliphatic heterocycles. The van der Waals surface area contributed by atoms with Crippen LogP contribution in [0.5, 0.6) is 5.75 Å². The zero-order valence-corrected chi connectivity index (χ0v) is 12.9. The second-order valence-electron chi connectivity index (χ2n) is 4.36. The summed E-state index contributed by atoms with van der Waals surface area (Å²) in [7, 11) is 0. The molecule has 0 bridgehead atoms. The molecule has 0 aliphatic carbocycles. The number of nitrogens with zero attached hydrogens (tertiary/aromatic N) is 2. The molecule has 21 heavy (non-hydrogen) atoms. The Kier molecular flexibility index (Phi) is 3.98. The topological polar surface area (TPSA) is 57.5 Å². The molecule has 2 heterocycles. The minimum Gasteiger partial charge on any atom is -0.508 e. The molecule has 0 saturated heterocycles. The van der Waals surface area contributed by atoms with E-state index in [4.69, 9.17) is 0 Å². The minimum absolute atomic E-state index is 0.247. The maximum atomic E-state index is 9.22. The highest BCUT2D eigenvalue weighted by atomic mass is 32.1. The monoisotopic (exact) mass is 315 g/mol. The summed E-state index contributed by atoms with van der Waals surface area (Å²) in [4.78, 5) is 6.89. The van der Waals surface area contributed by atoms with Crippen molar-refractivity contribution in [3.05, 3.63) is 52.2 Å². The fourth-order valence-electron chi connectivity index (χ4n) is 1.81. The van der Waals surface area contributed by atoms with Crippen LogP contribution in [0, 0.1) is 6.92 Å². The third-order valence-corrected chi connectivity index (χ3v) is 4.57. The smallest absolute Gasteiger partial charge is 0.204 e. The molecule has 4 nitrogen and oxygen atoms in total. The lowest BCUT2D eigenvalue weighted by Gasteiger charge is -1.95. The fraction of sp³-hybridized carbons (Fsp3) is 0.0667. The summed E-state index contributed by atoms with van der Waals surface area (Å²) in [6.07, 6.45) is 1.70. The van der Waals surface area contributed by atoms with E-state index in [-0.39, 0.29) is 5.75 Å². The highest BCUT2D eigenvalue weighted by Gasteiger charge is 2.09. The number of thiophene rings is 1. The predicted octanol–water partition coefficient (Wildman–Crippen LogP) is 4.33. The number of hydrogen-bond donors (Lipinski definition) is 2. The summed E-state index contributed by atoms with van der Waals surface area (Å²) in [5.41, 5.74) is 4.87. The number of nitrogens with one attached hydrogen (secondary N) is 1. The Morgan fingerprint density at radius 2 is 2.05 bits per heavy atom. The standard InChI is InChI=1S/C15H13N3OS2/c1-10-14(13-3-2-8-20-13)17-15(21-10)18-16-9-11-4-6-12(19)7-5-11/h2-9,19H,1H3,(H,17,18)/b16-9-. The molecular formula is C15H13N3OS2. The maximum Gasteiger partial charge on any atom is 0.204 e. The summed E-state index contributed by atoms with van der Waals surface area (Å²) in [5, 5.41) is 16.2. The Bertz CT molecular complexity index is 746. The van der Waals surface area contributed by atoms with Crippen LogP contribution in [-0.4, -0.2) is 16.3 Å². The van der Waals surface area contributed by atoms with Crippen LogP contribution in [-0.2, 0) is 0 Å². The molecule has 3 rings (SSSR count). The molecular weight excluding hydrogens is 302 g/mol. The number of rotatable bonds is 4. The van der Waals surface area contributed by atoms with E-state index in [1.807, 2.05) is 11.4 Å². The molecule has 0 fully saturated rings. The number of phenols is 1. The number of anilines is 1. The van der Waals surface area contributed by atoms with Crippen molar-refractivity contribution < 1.29 is 5.11 Å². The summed E-state index contributed by atoms with van der Waals surface area (Å²) in [5.74, 6) is 0.247. The van der Waals surface area contributed by atoms with Crippen molar-refractivity contribution in [2.75, 3.05) is 5.43 Å². The first-order valence-electron chi connectivity index (χ1n) is 6.32. The van der Waals surface area contributed by atoms with Crippen LogP contribution in [0.1, 0.15) is 10.4 Å². The molecule has 2 N–H and O–H groups in total. The molecule has 1 aromatic carbocycles. The summed E-state index contributed by atoms with van der Waals surface area (Å²) >= 11 is 3.26. The molecule has 0 unspecified atom stereocenters. The van der Waals surface area contributed by atoms with Crippen molar-refractivity contribution in [3.8, 4) is 16.3 Å². The van der Waals surface area contributed by atoms with Gasteiger partial charge in [0.1, 0.15) is 5.75 Å². The van der Waals surface area contributed by atoms with Gasteiger partial charge >= 0.3 is 0 Å². The van der Waals surface area contributed by atoms with Gasteiger partial charge in [0.05, 0.1) is 16.8 Å². The normalized spacial score (nSPS) is 11.1. The molecule has 0 spiro atoms. The van der Waals surface area contributed by atoms with E-state index in [2.05, 4.69) is 28.5 Å². The lowest BCUT2D eigenvalue weighted by atomic mass is 10.2. The number of benzene rings is 1. The SMILES string of the molecule is Cc1sc(N/N=C\c2ccc(O)cc2)nc1-c1cccs1. The van der Waals surface area contributed by atoms with Gasteiger partial charge in [0.25, 0.3) is 0 Å². The first-order valence-corrected chi connectivity index (χ1v) is 8.01. The average Bonchev–Trinajstić information content (AvgIpc) is 3.10. The first-order chi connectivity index (χ1) is 10.2. The van der Waals surface area contributed by atoms with Crippen molar-refractivity contribution in [3.63, 3.8) is 0 Å². The van der Waals surface area contributed by atoms with Crippen molar-refractivity contribution in [1.29, 1.82) is 0 Å². The van der Waals surface area contributed by atoms with Gasteiger partial charge in [-0.3, -0.25) is 5.43 Å². The largest absolute Gasteiger partial charge is 0.508 e. The Hall–Kier alpha value is -2.18. The zero-order valence-electron chi connectivity index (χ0n) is 11.3. The Morgan fingerprint density at radius 3 is 2.76 bits per heavy atom. The lowest BCUT2D eigenvalue weighted by molar-refractivity contribution is 0.475. The van der Waals surface area contributed by atoms with Crippen molar-refractivity contribution in [2.45, 2.75) is 6.92 Å². The van der Waals surface area contributed by atoms with Crippen LogP contribution in [0.25, 0.3) is 10.6 Å². The molecule has 3 aromatic rings. The van der Waals surface area contributed by atoms with Crippen LogP contribution in [0.2, 0.25) is 0 Å².